The molecule has 0 radical (unpaired) electrons. The molecule has 0 N–H and O–H groups in total. The highest BCUT2D eigenvalue weighted by atomic mass is 32.2. The molecule has 6 nitrogen and oxygen atoms in total. The van der Waals surface area contributed by atoms with Crippen LogP contribution in [0.5, 0.6) is 0 Å². The first-order valence-corrected chi connectivity index (χ1v) is 9.71. The molecule has 1 amide bonds. The number of aromatic nitrogens is 4. The van der Waals surface area contributed by atoms with Gasteiger partial charge in [-0.3, -0.25) is 4.79 Å². The highest BCUT2D eigenvalue weighted by molar-refractivity contribution is 7.99. The Bertz CT molecular complexity index is 729. The quantitative estimate of drug-likeness (QED) is 0.850. The highest BCUT2D eigenvalue weighted by Gasteiger charge is 2.23. The van der Waals surface area contributed by atoms with Crippen molar-refractivity contribution in [3.05, 3.63) is 23.3 Å². The number of fused-ring (bicyclic) bond motifs is 1. The smallest absolute Gasteiger partial charge is 0.252 e. The fraction of sp³-hybridized carbons (Fsp3) is 0.647. The third-order valence-electron chi connectivity index (χ3n) is 4.35. The molecular formula is C17H25N5OS. The van der Waals surface area contributed by atoms with E-state index in [9.17, 15) is 4.79 Å². The second-order valence-corrected chi connectivity index (χ2v) is 7.95. The molecule has 3 rings (SSSR count). The first kappa shape index (κ1) is 17.2. The predicted molar refractivity (Wildman–Crippen MR) is 96.3 cm³/mol. The van der Waals surface area contributed by atoms with Crippen molar-refractivity contribution < 1.29 is 4.79 Å². The van der Waals surface area contributed by atoms with Crippen LogP contribution in [0.15, 0.2) is 6.07 Å². The summed E-state index contributed by atoms with van der Waals surface area (Å²) in [6, 6.07) is 1.97. The van der Waals surface area contributed by atoms with Gasteiger partial charge >= 0.3 is 0 Å². The molecule has 2 aromatic rings. The molecule has 1 saturated heterocycles. The van der Waals surface area contributed by atoms with Crippen molar-refractivity contribution in [2.75, 3.05) is 18.8 Å². The van der Waals surface area contributed by atoms with Crippen LogP contribution in [-0.2, 0) is 11.2 Å². The number of carbonyl (C=O) groups excluding carboxylic acids is 1. The molecule has 7 heteroatoms. The number of aryl methyl sites for hydroxylation is 2. The Kier molecular flexibility index (Phi) is 5.38. The van der Waals surface area contributed by atoms with Crippen molar-refractivity contribution in [1.29, 1.82) is 0 Å². The maximum absolute atomic E-state index is 12.7. The van der Waals surface area contributed by atoms with E-state index < -0.39 is 0 Å². The summed E-state index contributed by atoms with van der Waals surface area (Å²) in [7, 11) is 0. The zero-order chi connectivity index (χ0) is 17.1. The van der Waals surface area contributed by atoms with Crippen LogP contribution in [-0.4, -0.2) is 54.5 Å². The van der Waals surface area contributed by atoms with Gasteiger partial charge in [-0.15, -0.1) is 5.10 Å². The van der Waals surface area contributed by atoms with Gasteiger partial charge in [-0.05, 0) is 38.5 Å². The summed E-state index contributed by atoms with van der Waals surface area (Å²) in [5.74, 6) is 2.37. The SMILES string of the molecule is CCS[C@H]1CCCCN(C(=O)Cc2nc3nc(C)cc(C)n3n2)C1. The third-order valence-corrected chi connectivity index (χ3v) is 5.54. The molecule has 0 aliphatic carbocycles. The van der Waals surface area contributed by atoms with Crippen LogP contribution in [0.4, 0.5) is 0 Å². The third kappa shape index (κ3) is 3.88. The van der Waals surface area contributed by atoms with E-state index in [1.165, 1.54) is 12.8 Å². The standard InChI is InChI=1S/C17H25N5OS/c1-4-24-14-7-5-6-8-21(11-14)16(23)10-15-19-17-18-12(2)9-13(3)22(17)20-15/h9,14H,4-8,10-11H2,1-3H3/t14-/m0/s1. The van der Waals surface area contributed by atoms with Crippen LogP contribution >= 0.6 is 11.8 Å². The first-order chi connectivity index (χ1) is 11.6. The minimum absolute atomic E-state index is 0.129. The summed E-state index contributed by atoms with van der Waals surface area (Å²) >= 11 is 1.96. The average Bonchev–Trinajstić information content (AvgIpc) is 2.77. The summed E-state index contributed by atoms with van der Waals surface area (Å²) < 4.78 is 1.72. The van der Waals surface area contributed by atoms with Crippen molar-refractivity contribution in [2.24, 2.45) is 0 Å². The van der Waals surface area contributed by atoms with Gasteiger partial charge in [0.1, 0.15) is 0 Å². The molecule has 0 aromatic carbocycles. The van der Waals surface area contributed by atoms with Crippen LogP contribution < -0.4 is 0 Å². The van der Waals surface area contributed by atoms with Gasteiger partial charge in [0.25, 0.3) is 5.78 Å². The zero-order valence-corrected chi connectivity index (χ0v) is 15.5. The van der Waals surface area contributed by atoms with E-state index in [2.05, 4.69) is 22.0 Å². The molecule has 24 heavy (non-hydrogen) atoms. The maximum atomic E-state index is 12.7. The maximum Gasteiger partial charge on any atom is 0.252 e. The van der Waals surface area contributed by atoms with E-state index in [4.69, 9.17) is 0 Å². The van der Waals surface area contributed by atoms with Crippen molar-refractivity contribution in [1.82, 2.24) is 24.5 Å². The van der Waals surface area contributed by atoms with E-state index in [-0.39, 0.29) is 12.3 Å². The minimum Gasteiger partial charge on any atom is -0.341 e. The molecule has 0 saturated carbocycles. The molecular weight excluding hydrogens is 322 g/mol. The van der Waals surface area contributed by atoms with E-state index in [0.29, 0.717) is 16.9 Å². The molecule has 130 valence electrons. The Hall–Kier alpha value is -1.63. The second-order valence-electron chi connectivity index (χ2n) is 6.37. The van der Waals surface area contributed by atoms with Crippen LogP contribution in [0.3, 0.4) is 0 Å². The highest BCUT2D eigenvalue weighted by Crippen LogP contribution is 2.22. The van der Waals surface area contributed by atoms with Gasteiger partial charge in [-0.25, -0.2) is 9.50 Å². The summed E-state index contributed by atoms with van der Waals surface area (Å²) in [4.78, 5) is 23.5. The molecule has 1 aliphatic heterocycles. The Labute approximate surface area is 147 Å². The van der Waals surface area contributed by atoms with Crippen molar-refractivity contribution >= 4 is 23.4 Å². The number of thioether (sulfide) groups is 1. The topological polar surface area (TPSA) is 63.4 Å². The molecule has 0 bridgehead atoms. The molecule has 1 atom stereocenters. The number of carbonyl (C=O) groups is 1. The van der Waals surface area contributed by atoms with Gasteiger partial charge in [0.2, 0.25) is 5.91 Å². The number of amides is 1. The summed E-state index contributed by atoms with van der Waals surface area (Å²) in [5.41, 5.74) is 1.90. The zero-order valence-electron chi connectivity index (χ0n) is 14.7. The van der Waals surface area contributed by atoms with Crippen molar-refractivity contribution in [3.8, 4) is 0 Å². The lowest BCUT2D eigenvalue weighted by Crippen LogP contribution is -2.36. The van der Waals surface area contributed by atoms with Gasteiger partial charge in [-0.1, -0.05) is 13.3 Å². The molecule has 1 fully saturated rings. The summed E-state index contributed by atoms with van der Waals surface area (Å²) in [6.45, 7) is 7.79. The number of nitrogens with zero attached hydrogens (tertiary/aromatic N) is 5. The van der Waals surface area contributed by atoms with Crippen molar-refractivity contribution in [3.63, 3.8) is 0 Å². The lowest BCUT2D eigenvalue weighted by Gasteiger charge is -2.23. The lowest BCUT2D eigenvalue weighted by atomic mass is 10.2. The van der Waals surface area contributed by atoms with E-state index >= 15 is 0 Å². The number of rotatable bonds is 4. The second kappa shape index (κ2) is 7.51. The monoisotopic (exact) mass is 347 g/mol. The normalized spacial score (nSPS) is 18.8. The average molecular weight is 347 g/mol. The van der Waals surface area contributed by atoms with Gasteiger partial charge in [0.05, 0.1) is 6.42 Å². The van der Waals surface area contributed by atoms with Gasteiger partial charge < -0.3 is 4.90 Å². The van der Waals surface area contributed by atoms with Crippen LogP contribution in [0, 0.1) is 13.8 Å². The lowest BCUT2D eigenvalue weighted by molar-refractivity contribution is -0.130. The number of likely N-dealkylation sites (tertiary alicyclic amines) is 1. The molecule has 0 spiro atoms. The summed E-state index contributed by atoms with van der Waals surface area (Å²) in [5, 5.41) is 5.01. The Morgan fingerprint density at radius 2 is 2.17 bits per heavy atom. The first-order valence-electron chi connectivity index (χ1n) is 8.66. The van der Waals surface area contributed by atoms with Gasteiger partial charge in [0.15, 0.2) is 5.82 Å². The van der Waals surface area contributed by atoms with Gasteiger partial charge in [0, 0.05) is 29.7 Å². The minimum atomic E-state index is 0.129. The molecule has 3 heterocycles. The van der Waals surface area contributed by atoms with Crippen LogP contribution in [0.1, 0.15) is 43.4 Å². The van der Waals surface area contributed by atoms with Crippen LogP contribution in [0.2, 0.25) is 0 Å². The Morgan fingerprint density at radius 3 is 2.96 bits per heavy atom. The van der Waals surface area contributed by atoms with E-state index in [1.807, 2.05) is 36.6 Å². The van der Waals surface area contributed by atoms with Crippen LogP contribution in [0.25, 0.3) is 5.78 Å². The molecule has 0 unspecified atom stereocenters. The Balaban J connectivity index is 1.72. The van der Waals surface area contributed by atoms with Gasteiger partial charge in [-0.2, -0.15) is 16.7 Å². The van der Waals surface area contributed by atoms with E-state index in [0.717, 1.165) is 36.7 Å². The fourth-order valence-corrected chi connectivity index (χ4v) is 4.32. The number of hydrogen-bond acceptors (Lipinski definition) is 5. The fourth-order valence-electron chi connectivity index (χ4n) is 3.23. The molecule has 1 aliphatic rings. The van der Waals surface area contributed by atoms with Crippen molar-refractivity contribution in [2.45, 2.75) is 51.7 Å². The Morgan fingerprint density at radius 1 is 1.33 bits per heavy atom. The largest absolute Gasteiger partial charge is 0.341 e. The molecule has 2 aromatic heterocycles. The summed E-state index contributed by atoms with van der Waals surface area (Å²) in [6.07, 6.45) is 3.75. The van der Waals surface area contributed by atoms with E-state index in [1.54, 1.807) is 4.52 Å². The number of hydrogen-bond donors (Lipinski definition) is 0. The predicted octanol–water partition coefficient (Wildman–Crippen LogP) is 2.42.